The summed E-state index contributed by atoms with van der Waals surface area (Å²) in [5.41, 5.74) is -0.250. The number of ether oxygens (including phenoxy) is 8. The minimum absolute atomic E-state index is 0.125. The number of nitrogens with zero attached hydrogens (tertiary/aromatic N) is 2. The van der Waals surface area contributed by atoms with E-state index >= 15 is 0 Å². The van der Waals surface area contributed by atoms with Crippen molar-refractivity contribution in [3.63, 3.8) is 0 Å². The van der Waals surface area contributed by atoms with Gasteiger partial charge in [-0.05, 0) is 12.1 Å². The fourth-order valence-corrected chi connectivity index (χ4v) is 3.17. The summed E-state index contributed by atoms with van der Waals surface area (Å²) in [6.07, 6.45) is 0. The van der Waals surface area contributed by atoms with Crippen LogP contribution in [0.3, 0.4) is 0 Å². The first-order chi connectivity index (χ1) is 18.5. The van der Waals surface area contributed by atoms with Gasteiger partial charge in [-0.1, -0.05) is 0 Å². The van der Waals surface area contributed by atoms with Gasteiger partial charge in [-0.15, -0.1) is 0 Å². The molecule has 2 aromatic carbocycles. The lowest BCUT2D eigenvalue weighted by Crippen LogP contribution is -2.15. The van der Waals surface area contributed by atoms with Crippen LogP contribution in [0.1, 0.15) is 0 Å². The van der Waals surface area contributed by atoms with Crippen LogP contribution < -0.4 is 18.9 Å². The molecule has 0 spiro atoms. The van der Waals surface area contributed by atoms with E-state index in [2.05, 4.69) is 0 Å². The van der Waals surface area contributed by atoms with Crippen LogP contribution >= 0.6 is 0 Å². The summed E-state index contributed by atoms with van der Waals surface area (Å²) in [5, 5.41) is 22.3. The molecule has 1 aliphatic rings. The molecule has 0 aromatic heterocycles. The van der Waals surface area contributed by atoms with Gasteiger partial charge in [0.1, 0.15) is 26.4 Å². The number of non-ortho nitro benzene ring substituents is 2. The van der Waals surface area contributed by atoms with Gasteiger partial charge in [0, 0.05) is 12.1 Å². The molecule has 0 saturated heterocycles. The van der Waals surface area contributed by atoms with E-state index in [0.29, 0.717) is 37.9 Å². The third-order valence-electron chi connectivity index (χ3n) is 4.96. The predicted octanol–water partition coefficient (Wildman–Crippen LogP) is 2.80. The van der Waals surface area contributed by atoms with E-state index in [-0.39, 0.29) is 75.7 Å². The second-order valence-corrected chi connectivity index (χ2v) is 7.62. The van der Waals surface area contributed by atoms with Crippen LogP contribution in [0.15, 0.2) is 36.4 Å². The second kappa shape index (κ2) is 16.2. The Labute approximate surface area is 218 Å². The molecular weight excluding hydrogens is 508 g/mol. The predicted molar refractivity (Wildman–Crippen MR) is 131 cm³/mol. The van der Waals surface area contributed by atoms with Gasteiger partial charge in [0.25, 0.3) is 11.4 Å². The van der Waals surface area contributed by atoms with Gasteiger partial charge in [-0.25, -0.2) is 0 Å². The van der Waals surface area contributed by atoms with Crippen LogP contribution in [0.4, 0.5) is 11.4 Å². The van der Waals surface area contributed by atoms with Gasteiger partial charge in [0.15, 0.2) is 23.0 Å². The van der Waals surface area contributed by atoms with Crippen LogP contribution in [0.2, 0.25) is 0 Å². The number of nitro benzene ring substituents is 2. The van der Waals surface area contributed by atoms with E-state index in [1.54, 1.807) is 0 Å². The van der Waals surface area contributed by atoms with E-state index < -0.39 is 9.85 Å². The number of benzene rings is 2. The molecule has 0 amide bonds. The highest BCUT2D eigenvalue weighted by Gasteiger charge is 2.15. The molecule has 0 atom stereocenters. The topological polar surface area (TPSA) is 160 Å². The van der Waals surface area contributed by atoms with Crippen LogP contribution in [0, 0.1) is 20.2 Å². The average Bonchev–Trinajstić information content (AvgIpc) is 2.91. The van der Waals surface area contributed by atoms with E-state index in [9.17, 15) is 20.2 Å². The standard InChI is InChI=1S/C24H30N2O12/c27-25(28)19-1-3-21-23(17-19)37-15-11-32-7-5-31-6-8-33-12-16-38-24-18-20(26(29)30)2-4-22(24)36-14-10-34-9-13-35-21/h1-4,17-18H,5-16H2. The smallest absolute Gasteiger partial charge is 0.273 e. The minimum atomic E-state index is -0.516. The Morgan fingerprint density at radius 1 is 0.447 bits per heavy atom. The van der Waals surface area contributed by atoms with E-state index in [4.69, 9.17) is 37.9 Å². The van der Waals surface area contributed by atoms with E-state index in [0.717, 1.165) is 0 Å². The average molecular weight is 539 g/mol. The zero-order valence-corrected chi connectivity index (χ0v) is 20.7. The number of hydrogen-bond donors (Lipinski definition) is 0. The molecule has 14 nitrogen and oxygen atoms in total. The molecule has 0 radical (unpaired) electrons. The van der Waals surface area contributed by atoms with Gasteiger partial charge < -0.3 is 37.9 Å². The van der Waals surface area contributed by atoms with Gasteiger partial charge in [0.05, 0.1) is 74.8 Å². The lowest BCUT2D eigenvalue weighted by Gasteiger charge is -2.14. The van der Waals surface area contributed by atoms with Crippen molar-refractivity contribution in [2.24, 2.45) is 0 Å². The molecule has 0 saturated carbocycles. The van der Waals surface area contributed by atoms with Crippen molar-refractivity contribution in [1.29, 1.82) is 0 Å². The largest absolute Gasteiger partial charge is 0.487 e. The van der Waals surface area contributed by atoms with E-state index in [1.807, 2.05) is 0 Å². The Morgan fingerprint density at radius 2 is 0.737 bits per heavy atom. The number of fused-ring (bicyclic) bond motifs is 2. The minimum Gasteiger partial charge on any atom is -0.487 e. The van der Waals surface area contributed by atoms with Crippen molar-refractivity contribution in [2.75, 3.05) is 79.3 Å². The van der Waals surface area contributed by atoms with Crippen molar-refractivity contribution >= 4 is 11.4 Å². The van der Waals surface area contributed by atoms with Crippen molar-refractivity contribution in [1.82, 2.24) is 0 Å². The van der Waals surface area contributed by atoms with Crippen LogP contribution in [-0.2, 0) is 18.9 Å². The first kappa shape index (κ1) is 28.8. The molecule has 0 N–H and O–H groups in total. The maximum Gasteiger partial charge on any atom is 0.273 e. The zero-order chi connectivity index (χ0) is 27.0. The molecule has 2 aromatic rings. The Kier molecular flexibility index (Phi) is 12.3. The lowest BCUT2D eigenvalue weighted by molar-refractivity contribution is -0.385. The van der Waals surface area contributed by atoms with E-state index in [1.165, 1.54) is 36.4 Å². The van der Waals surface area contributed by atoms with Crippen molar-refractivity contribution < 1.29 is 47.7 Å². The lowest BCUT2D eigenvalue weighted by atomic mass is 10.3. The molecule has 3 rings (SSSR count). The fourth-order valence-electron chi connectivity index (χ4n) is 3.17. The number of rotatable bonds is 2. The Balaban J connectivity index is 1.58. The third kappa shape index (κ3) is 9.97. The summed E-state index contributed by atoms with van der Waals surface area (Å²) < 4.78 is 44.5. The van der Waals surface area contributed by atoms with Gasteiger partial charge >= 0.3 is 0 Å². The second-order valence-electron chi connectivity index (χ2n) is 7.62. The first-order valence-electron chi connectivity index (χ1n) is 11.9. The monoisotopic (exact) mass is 538 g/mol. The highest BCUT2D eigenvalue weighted by Crippen LogP contribution is 2.32. The third-order valence-corrected chi connectivity index (χ3v) is 4.96. The maximum absolute atomic E-state index is 11.1. The van der Waals surface area contributed by atoms with Crippen LogP contribution in [0.5, 0.6) is 23.0 Å². The van der Waals surface area contributed by atoms with Gasteiger partial charge in [0.2, 0.25) is 0 Å². The summed E-state index contributed by atoms with van der Waals surface area (Å²) in [4.78, 5) is 21.2. The zero-order valence-electron chi connectivity index (χ0n) is 20.7. The molecule has 0 unspecified atom stereocenters. The highest BCUT2D eigenvalue weighted by atomic mass is 16.6. The number of nitro groups is 2. The summed E-state index contributed by atoms with van der Waals surface area (Å²) in [7, 11) is 0. The summed E-state index contributed by atoms with van der Waals surface area (Å²) >= 11 is 0. The molecule has 0 bridgehead atoms. The fraction of sp³-hybridized carbons (Fsp3) is 0.500. The molecule has 0 aliphatic carbocycles. The quantitative estimate of drug-likeness (QED) is 0.407. The van der Waals surface area contributed by atoms with Crippen molar-refractivity contribution in [3.8, 4) is 23.0 Å². The summed E-state index contributed by atoms with van der Waals surface area (Å²) in [6.45, 7) is 2.94. The van der Waals surface area contributed by atoms with Crippen LogP contribution in [-0.4, -0.2) is 89.1 Å². The molecule has 1 aliphatic heterocycles. The SMILES string of the molecule is O=[N+]([O-])c1ccc2c(c1)OCCOCCOCCOCCOc1cc([N+](=O)[O-])ccc1OCCOCCO2. The normalized spacial score (nSPS) is 17.1. The first-order valence-corrected chi connectivity index (χ1v) is 11.9. The molecular formula is C24H30N2O12. The maximum atomic E-state index is 11.1. The van der Waals surface area contributed by atoms with Gasteiger partial charge in [-0.2, -0.15) is 0 Å². The summed E-state index contributed by atoms with van der Waals surface area (Å²) in [5.74, 6) is 1.11. The number of hydrogen-bond acceptors (Lipinski definition) is 12. The molecule has 1 heterocycles. The van der Waals surface area contributed by atoms with Crippen molar-refractivity contribution in [2.45, 2.75) is 0 Å². The molecule has 14 heteroatoms. The molecule has 38 heavy (non-hydrogen) atoms. The Hall–Kier alpha value is -3.72. The highest BCUT2D eigenvalue weighted by molar-refractivity contribution is 5.49. The molecule has 0 fully saturated rings. The van der Waals surface area contributed by atoms with Crippen molar-refractivity contribution in [3.05, 3.63) is 56.6 Å². The summed E-state index contributed by atoms with van der Waals surface area (Å²) in [6, 6.07) is 8.17. The Bertz CT molecular complexity index is 956. The molecule has 208 valence electrons. The Morgan fingerprint density at radius 3 is 1.05 bits per heavy atom. The van der Waals surface area contributed by atoms with Gasteiger partial charge in [-0.3, -0.25) is 20.2 Å². The van der Waals surface area contributed by atoms with Crippen LogP contribution in [0.25, 0.3) is 0 Å².